The van der Waals surface area contributed by atoms with Gasteiger partial charge in [-0.15, -0.1) is 0 Å². The summed E-state index contributed by atoms with van der Waals surface area (Å²) in [6.45, 7) is 6.41. The van der Waals surface area contributed by atoms with E-state index in [1.165, 1.54) is 19.3 Å². The first kappa shape index (κ1) is 23.4. The van der Waals surface area contributed by atoms with Gasteiger partial charge in [-0.2, -0.15) is 0 Å². The standard InChI is InChI=1S/C28H38N2O4/c1-17(2)22-7-4-6-18(3)25(22)29-24(31)16-34-26(32)23-8-5-9-30(23)27(33)28-13-19-10-20(14-28)12-21(11-19)15-28/h4,6-7,17,19-21,23H,5,8-16H2,1-3H3,(H,29,31). The fourth-order valence-electron chi connectivity index (χ4n) is 7.68. The molecule has 6 rings (SSSR count). The number of para-hydroxylation sites is 1. The molecular weight excluding hydrogens is 428 g/mol. The van der Waals surface area contributed by atoms with Crippen LogP contribution in [0.2, 0.25) is 0 Å². The fraction of sp³-hybridized carbons (Fsp3) is 0.679. The van der Waals surface area contributed by atoms with Crippen molar-refractivity contribution in [3.05, 3.63) is 29.3 Å². The van der Waals surface area contributed by atoms with Crippen molar-refractivity contribution in [2.24, 2.45) is 23.2 Å². The second kappa shape index (κ2) is 9.01. The molecule has 184 valence electrons. The number of likely N-dealkylation sites (tertiary alicyclic amines) is 1. The van der Waals surface area contributed by atoms with Gasteiger partial charge in [-0.25, -0.2) is 4.79 Å². The summed E-state index contributed by atoms with van der Waals surface area (Å²) in [5.74, 6) is 1.70. The lowest BCUT2D eigenvalue weighted by Crippen LogP contribution is -2.56. The number of hydrogen-bond acceptors (Lipinski definition) is 4. The molecule has 5 fully saturated rings. The third kappa shape index (κ3) is 4.25. The number of benzene rings is 1. The van der Waals surface area contributed by atoms with Gasteiger partial charge in [0.2, 0.25) is 5.91 Å². The highest BCUT2D eigenvalue weighted by molar-refractivity contribution is 5.95. The Kier molecular flexibility index (Phi) is 6.19. The zero-order chi connectivity index (χ0) is 24.0. The van der Waals surface area contributed by atoms with Crippen molar-refractivity contribution in [1.82, 2.24) is 4.90 Å². The molecule has 2 amide bonds. The zero-order valence-corrected chi connectivity index (χ0v) is 20.8. The van der Waals surface area contributed by atoms with Crippen molar-refractivity contribution in [2.75, 3.05) is 18.5 Å². The molecule has 1 aromatic carbocycles. The lowest BCUT2D eigenvalue weighted by atomic mass is 9.49. The summed E-state index contributed by atoms with van der Waals surface area (Å²) in [6.07, 6.45) is 8.26. The molecule has 0 spiro atoms. The molecule has 6 heteroatoms. The zero-order valence-electron chi connectivity index (χ0n) is 20.8. The Morgan fingerprint density at radius 1 is 1.09 bits per heavy atom. The van der Waals surface area contributed by atoms with E-state index in [0.29, 0.717) is 30.7 Å². The molecule has 5 aliphatic rings. The molecule has 0 radical (unpaired) electrons. The first-order valence-electron chi connectivity index (χ1n) is 13.1. The van der Waals surface area contributed by atoms with Crippen molar-refractivity contribution < 1.29 is 19.1 Å². The number of ether oxygens (including phenoxy) is 1. The number of rotatable bonds is 6. The molecule has 0 aromatic heterocycles. The maximum atomic E-state index is 13.8. The Labute approximate surface area is 202 Å². The molecule has 1 N–H and O–H groups in total. The minimum Gasteiger partial charge on any atom is -0.454 e. The van der Waals surface area contributed by atoms with E-state index in [2.05, 4.69) is 19.2 Å². The SMILES string of the molecule is Cc1cccc(C(C)C)c1NC(=O)COC(=O)C1CCCN1C(=O)C12CC3CC(CC(C3)C1)C2. The Morgan fingerprint density at radius 2 is 1.74 bits per heavy atom. The van der Waals surface area contributed by atoms with Gasteiger partial charge in [-0.3, -0.25) is 9.59 Å². The van der Waals surface area contributed by atoms with E-state index in [1.807, 2.05) is 25.1 Å². The highest BCUT2D eigenvalue weighted by atomic mass is 16.5. The van der Waals surface area contributed by atoms with Gasteiger partial charge in [0.25, 0.3) is 5.91 Å². The van der Waals surface area contributed by atoms with Gasteiger partial charge in [0.1, 0.15) is 6.04 Å². The van der Waals surface area contributed by atoms with Gasteiger partial charge < -0.3 is 15.0 Å². The normalized spacial score (nSPS) is 31.7. The third-order valence-electron chi connectivity index (χ3n) is 8.81. The molecule has 4 saturated carbocycles. The molecule has 4 aliphatic carbocycles. The summed E-state index contributed by atoms with van der Waals surface area (Å²) in [5.41, 5.74) is 2.57. The Morgan fingerprint density at radius 3 is 2.35 bits per heavy atom. The first-order chi connectivity index (χ1) is 16.3. The first-order valence-corrected chi connectivity index (χ1v) is 13.1. The van der Waals surface area contributed by atoms with E-state index in [-0.39, 0.29) is 29.8 Å². The highest BCUT2D eigenvalue weighted by Crippen LogP contribution is 2.60. The quantitative estimate of drug-likeness (QED) is 0.611. The summed E-state index contributed by atoms with van der Waals surface area (Å²) in [7, 11) is 0. The molecule has 1 saturated heterocycles. The minimum atomic E-state index is -0.557. The van der Waals surface area contributed by atoms with Crippen molar-refractivity contribution in [1.29, 1.82) is 0 Å². The van der Waals surface area contributed by atoms with Crippen LogP contribution in [-0.2, 0) is 19.1 Å². The number of aryl methyl sites for hydroxylation is 1. The van der Waals surface area contributed by atoms with E-state index in [4.69, 9.17) is 4.74 Å². The smallest absolute Gasteiger partial charge is 0.329 e. The van der Waals surface area contributed by atoms with Crippen LogP contribution in [0.3, 0.4) is 0 Å². The van der Waals surface area contributed by atoms with Crippen LogP contribution in [0, 0.1) is 30.1 Å². The van der Waals surface area contributed by atoms with Gasteiger partial charge in [0, 0.05) is 12.2 Å². The third-order valence-corrected chi connectivity index (χ3v) is 8.81. The maximum absolute atomic E-state index is 13.8. The van der Waals surface area contributed by atoms with Crippen molar-refractivity contribution in [3.63, 3.8) is 0 Å². The summed E-state index contributed by atoms with van der Waals surface area (Å²) >= 11 is 0. The number of carbonyl (C=O) groups is 3. The molecule has 1 unspecified atom stereocenters. The number of hydrogen-bond donors (Lipinski definition) is 1. The van der Waals surface area contributed by atoms with Crippen LogP contribution in [0.1, 0.15) is 82.3 Å². The lowest BCUT2D eigenvalue weighted by molar-refractivity contribution is -0.165. The average Bonchev–Trinajstić information content (AvgIpc) is 3.27. The highest BCUT2D eigenvalue weighted by Gasteiger charge is 2.57. The lowest BCUT2D eigenvalue weighted by Gasteiger charge is -2.56. The largest absolute Gasteiger partial charge is 0.454 e. The van der Waals surface area contributed by atoms with Crippen LogP contribution in [0.4, 0.5) is 5.69 Å². The summed E-state index contributed by atoms with van der Waals surface area (Å²) < 4.78 is 5.45. The maximum Gasteiger partial charge on any atom is 0.329 e. The molecule has 1 heterocycles. The van der Waals surface area contributed by atoms with E-state index < -0.39 is 12.0 Å². The van der Waals surface area contributed by atoms with Crippen LogP contribution in [0.25, 0.3) is 0 Å². The van der Waals surface area contributed by atoms with E-state index in [9.17, 15) is 14.4 Å². The van der Waals surface area contributed by atoms with Crippen LogP contribution < -0.4 is 5.32 Å². The Bertz CT molecular complexity index is 949. The Balaban J connectivity index is 1.21. The second-order valence-electron chi connectivity index (χ2n) is 11.7. The average molecular weight is 467 g/mol. The summed E-state index contributed by atoms with van der Waals surface area (Å²) in [4.78, 5) is 41.2. The summed E-state index contributed by atoms with van der Waals surface area (Å²) in [5, 5.41) is 2.93. The number of nitrogens with one attached hydrogen (secondary N) is 1. The molecule has 6 nitrogen and oxygen atoms in total. The molecule has 34 heavy (non-hydrogen) atoms. The molecule has 1 aromatic rings. The van der Waals surface area contributed by atoms with E-state index in [0.717, 1.165) is 42.5 Å². The van der Waals surface area contributed by atoms with Crippen molar-refractivity contribution >= 4 is 23.5 Å². The van der Waals surface area contributed by atoms with E-state index >= 15 is 0 Å². The topological polar surface area (TPSA) is 75.7 Å². The van der Waals surface area contributed by atoms with Crippen molar-refractivity contribution in [3.8, 4) is 0 Å². The molecular formula is C28H38N2O4. The van der Waals surface area contributed by atoms with Crippen LogP contribution in [0.5, 0.6) is 0 Å². The van der Waals surface area contributed by atoms with Gasteiger partial charge in [0.05, 0.1) is 5.41 Å². The van der Waals surface area contributed by atoms with Gasteiger partial charge >= 0.3 is 5.97 Å². The van der Waals surface area contributed by atoms with E-state index in [1.54, 1.807) is 4.90 Å². The van der Waals surface area contributed by atoms with Crippen LogP contribution in [-0.4, -0.2) is 41.9 Å². The predicted molar refractivity (Wildman–Crippen MR) is 130 cm³/mol. The van der Waals surface area contributed by atoms with Crippen molar-refractivity contribution in [2.45, 2.75) is 84.1 Å². The number of carbonyl (C=O) groups excluding carboxylic acids is 3. The number of amides is 2. The minimum absolute atomic E-state index is 0.178. The molecule has 1 aliphatic heterocycles. The van der Waals surface area contributed by atoms with Gasteiger partial charge in [-0.05, 0) is 93.1 Å². The number of esters is 1. The number of anilines is 1. The Hall–Kier alpha value is -2.37. The predicted octanol–water partition coefficient (Wildman–Crippen LogP) is 4.81. The van der Waals surface area contributed by atoms with Crippen LogP contribution in [0.15, 0.2) is 18.2 Å². The fourth-order valence-corrected chi connectivity index (χ4v) is 7.68. The molecule has 1 atom stereocenters. The van der Waals surface area contributed by atoms with Crippen LogP contribution >= 0.6 is 0 Å². The number of nitrogens with zero attached hydrogens (tertiary/aromatic N) is 1. The molecule has 4 bridgehead atoms. The van der Waals surface area contributed by atoms with Gasteiger partial charge in [0.15, 0.2) is 6.61 Å². The second-order valence-corrected chi connectivity index (χ2v) is 11.7. The monoisotopic (exact) mass is 466 g/mol. The van der Waals surface area contributed by atoms with Gasteiger partial charge in [-0.1, -0.05) is 32.0 Å². The summed E-state index contributed by atoms with van der Waals surface area (Å²) in [6, 6.07) is 5.39.